The van der Waals surface area contributed by atoms with Crippen LogP contribution in [0.5, 0.6) is 0 Å². The van der Waals surface area contributed by atoms with Crippen LogP contribution in [0.15, 0.2) is 42.5 Å². The highest BCUT2D eigenvalue weighted by Crippen LogP contribution is 2.29. The van der Waals surface area contributed by atoms with Gasteiger partial charge >= 0.3 is 5.97 Å². The number of rotatable bonds is 2. The van der Waals surface area contributed by atoms with E-state index in [2.05, 4.69) is 4.98 Å². The molecule has 126 valence electrons. The molecule has 25 heavy (non-hydrogen) atoms. The van der Waals surface area contributed by atoms with Crippen LogP contribution >= 0.6 is 0 Å². The van der Waals surface area contributed by atoms with E-state index >= 15 is 0 Å². The first-order chi connectivity index (χ1) is 12.0. The van der Waals surface area contributed by atoms with Crippen molar-refractivity contribution in [2.45, 2.75) is 13.0 Å². The summed E-state index contributed by atoms with van der Waals surface area (Å²) in [6.45, 7) is 0.898. The summed E-state index contributed by atoms with van der Waals surface area (Å²) >= 11 is 0. The molecule has 1 aliphatic rings. The molecule has 2 aromatic carbocycles. The second-order valence-corrected chi connectivity index (χ2v) is 6.13. The summed E-state index contributed by atoms with van der Waals surface area (Å²) in [6, 6.07) is 10.6. The number of fused-ring (bicyclic) bond motifs is 3. The number of carbonyl (C=O) groups excluding carboxylic acids is 1. The van der Waals surface area contributed by atoms with Crippen molar-refractivity contribution in [3.05, 3.63) is 70.7 Å². The predicted molar refractivity (Wildman–Crippen MR) is 90.1 cm³/mol. The number of benzene rings is 2. The van der Waals surface area contributed by atoms with E-state index in [0.29, 0.717) is 25.1 Å². The van der Waals surface area contributed by atoms with Crippen LogP contribution in [-0.4, -0.2) is 33.4 Å². The van der Waals surface area contributed by atoms with E-state index in [1.807, 2.05) is 0 Å². The van der Waals surface area contributed by atoms with Crippen LogP contribution in [0.4, 0.5) is 4.39 Å². The van der Waals surface area contributed by atoms with Gasteiger partial charge in [0.1, 0.15) is 5.82 Å². The topological polar surface area (TPSA) is 73.4 Å². The number of halogens is 1. The minimum absolute atomic E-state index is 0.211. The largest absolute Gasteiger partial charge is 0.478 e. The number of carbonyl (C=O) groups is 2. The number of nitrogens with zero attached hydrogens (tertiary/aromatic N) is 1. The van der Waals surface area contributed by atoms with Gasteiger partial charge in [-0.3, -0.25) is 4.79 Å². The molecule has 4 rings (SSSR count). The maximum atomic E-state index is 13.4. The van der Waals surface area contributed by atoms with E-state index in [9.17, 15) is 19.1 Å². The molecule has 5 nitrogen and oxygen atoms in total. The number of hydrogen-bond acceptors (Lipinski definition) is 2. The Balaban J connectivity index is 1.70. The van der Waals surface area contributed by atoms with Crippen LogP contribution in [0.1, 0.15) is 32.0 Å². The highest BCUT2D eigenvalue weighted by Gasteiger charge is 2.25. The summed E-state index contributed by atoms with van der Waals surface area (Å²) in [7, 11) is 0. The number of aromatic carboxylic acids is 1. The van der Waals surface area contributed by atoms with E-state index in [0.717, 1.165) is 22.2 Å². The molecule has 0 bridgehead atoms. The Labute approximate surface area is 142 Å². The number of aromatic amines is 1. The van der Waals surface area contributed by atoms with Crippen molar-refractivity contribution >= 4 is 22.8 Å². The molecule has 1 aromatic heterocycles. The van der Waals surface area contributed by atoms with Crippen molar-refractivity contribution in [2.24, 2.45) is 0 Å². The zero-order chi connectivity index (χ0) is 17.6. The molecule has 1 aliphatic heterocycles. The fraction of sp³-hybridized carbons (Fsp3) is 0.158. The summed E-state index contributed by atoms with van der Waals surface area (Å²) in [4.78, 5) is 28.8. The van der Waals surface area contributed by atoms with Gasteiger partial charge in [0.05, 0.1) is 5.56 Å². The van der Waals surface area contributed by atoms with E-state index in [1.165, 1.54) is 18.2 Å². The Kier molecular flexibility index (Phi) is 3.53. The quantitative estimate of drug-likeness (QED) is 0.753. The number of nitrogens with one attached hydrogen (secondary N) is 1. The van der Waals surface area contributed by atoms with Gasteiger partial charge in [-0.2, -0.15) is 0 Å². The van der Waals surface area contributed by atoms with Crippen LogP contribution in [0.25, 0.3) is 10.9 Å². The average molecular weight is 338 g/mol. The van der Waals surface area contributed by atoms with Gasteiger partial charge < -0.3 is 15.0 Å². The number of H-pyrrole nitrogens is 1. The first kappa shape index (κ1) is 15.4. The van der Waals surface area contributed by atoms with Crippen LogP contribution in [0.3, 0.4) is 0 Å². The van der Waals surface area contributed by atoms with Gasteiger partial charge in [0.25, 0.3) is 5.91 Å². The molecule has 1 amide bonds. The Morgan fingerprint density at radius 1 is 1.12 bits per heavy atom. The molecule has 0 atom stereocenters. The average Bonchev–Trinajstić information content (AvgIpc) is 2.98. The Hall–Kier alpha value is -3.15. The zero-order valence-corrected chi connectivity index (χ0v) is 13.3. The smallest absolute Gasteiger partial charge is 0.335 e. The van der Waals surface area contributed by atoms with Gasteiger partial charge in [-0.15, -0.1) is 0 Å². The van der Waals surface area contributed by atoms with Crippen LogP contribution in [0.2, 0.25) is 0 Å². The first-order valence-electron chi connectivity index (χ1n) is 7.94. The first-order valence-corrected chi connectivity index (χ1v) is 7.94. The molecule has 0 radical (unpaired) electrons. The van der Waals surface area contributed by atoms with Crippen molar-refractivity contribution in [3.63, 3.8) is 0 Å². The summed E-state index contributed by atoms with van der Waals surface area (Å²) in [5, 5.41) is 10.0. The lowest BCUT2D eigenvalue weighted by molar-refractivity contribution is 0.0694. The maximum Gasteiger partial charge on any atom is 0.335 e. The number of amides is 1. The van der Waals surface area contributed by atoms with Crippen LogP contribution in [0, 0.1) is 5.82 Å². The van der Waals surface area contributed by atoms with E-state index < -0.39 is 11.8 Å². The fourth-order valence-electron chi connectivity index (χ4n) is 3.32. The lowest BCUT2D eigenvalue weighted by Gasteiger charge is -2.27. The highest BCUT2D eigenvalue weighted by molar-refractivity contribution is 5.97. The van der Waals surface area contributed by atoms with Crippen molar-refractivity contribution in [2.75, 3.05) is 6.54 Å². The third-order valence-corrected chi connectivity index (χ3v) is 4.58. The molecule has 0 spiro atoms. The molecule has 6 heteroatoms. The number of carboxylic acids is 1. The molecule has 0 fully saturated rings. The highest BCUT2D eigenvalue weighted by atomic mass is 19.1. The maximum absolute atomic E-state index is 13.4. The van der Waals surface area contributed by atoms with Gasteiger partial charge in [-0.1, -0.05) is 6.07 Å². The minimum atomic E-state index is -0.986. The molecule has 0 saturated heterocycles. The summed E-state index contributed by atoms with van der Waals surface area (Å²) < 4.78 is 13.4. The van der Waals surface area contributed by atoms with Gasteiger partial charge in [-0.05, 0) is 36.4 Å². The van der Waals surface area contributed by atoms with Gasteiger partial charge in [0.2, 0.25) is 0 Å². The molecule has 0 unspecified atom stereocenters. The second-order valence-electron chi connectivity index (χ2n) is 6.13. The summed E-state index contributed by atoms with van der Waals surface area (Å²) in [5.74, 6) is -1.66. The van der Waals surface area contributed by atoms with E-state index in [1.54, 1.807) is 29.2 Å². The molecule has 0 aliphatic carbocycles. The Morgan fingerprint density at radius 3 is 2.72 bits per heavy atom. The third-order valence-electron chi connectivity index (χ3n) is 4.58. The van der Waals surface area contributed by atoms with E-state index in [-0.39, 0.29) is 11.5 Å². The van der Waals surface area contributed by atoms with Gasteiger partial charge in [0.15, 0.2) is 0 Å². The van der Waals surface area contributed by atoms with Crippen molar-refractivity contribution < 1.29 is 19.1 Å². The van der Waals surface area contributed by atoms with Crippen LogP contribution < -0.4 is 0 Å². The normalized spacial score (nSPS) is 13.7. The number of aromatic nitrogens is 1. The van der Waals surface area contributed by atoms with E-state index in [4.69, 9.17) is 0 Å². The zero-order valence-electron chi connectivity index (χ0n) is 13.3. The monoisotopic (exact) mass is 338 g/mol. The van der Waals surface area contributed by atoms with Gasteiger partial charge in [0, 0.05) is 47.2 Å². The molecule has 2 heterocycles. The fourth-order valence-corrected chi connectivity index (χ4v) is 3.32. The van der Waals surface area contributed by atoms with Crippen LogP contribution in [-0.2, 0) is 13.0 Å². The molecule has 0 saturated carbocycles. The minimum Gasteiger partial charge on any atom is -0.478 e. The van der Waals surface area contributed by atoms with Gasteiger partial charge in [-0.25, -0.2) is 9.18 Å². The molecular formula is C19H15FN2O3. The third kappa shape index (κ3) is 2.65. The lowest BCUT2D eigenvalue weighted by atomic mass is 10.0. The Bertz CT molecular complexity index is 1010. The van der Waals surface area contributed by atoms with Crippen molar-refractivity contribution in [1.82, 2.24) is 9.88 Å². The SMILES string of the molecule is O=C(O)c1ccc2[nH]c3c(c2c1)CN(C(=O)c1cccc(F)c1)CC3. The Morgan fingerprint density at radius 2 is 1.96 bits per heavy atom. The lowest BCUT2D eigenvalue weighted by Crippen LogP contribution is -2.35. The molecule has 3 aromatic rings. The summed E-state index contributed by atoms with van der Waals surface area (Å²) in [5.41, 5.74) is 3.32. The predicted octanol–water partition coefficient (Wildman–Crippen LogP) is 3.20. The molecular weight excluding hydrogens is 323 g/mol. The van der Waals surface area contributed by atoms with Crippen molar-refractivity contribution in [3.8, 4) is 0 Å². The number of carboxylic acid groups (broad SMARTS) is 1. The standard InChI is InChI=1S/C19H15FN2O3/c20-13-3-1-2-11(8-13)18(23)22-7-6-17-15(10-22)14-9-12(19(24)25)4-5-16(14)21-17/h1-5,8-9,21H,6-7,10H2,(H,24,25). The second kappa shape index (κ2) is 5.73. The van der Waals surface area contributed by atoms with Crippen molar-refractivity contribution in [1.29, 1.82) is 0 Å². The number of hydrogen-bond donors (Lipinski definition) is 2. The summed E-state index contributed by atoms with van der Waals surface area (Å²) in [6.07, 6.45) is 0.646. The molecule has 2 N–H and O–H groups in total.